The molecule has 2 fully saturated rings. The standard InChI is InChI=1S/C20H22FN3O2/c21-17-3-1-14(2-4-17)10-24-11-18-16(13-26-19(18)12-24)9-23-20(25)15-5-7-22-8-6-15/h1-8,16,18-19H,9-13H2,(H,23,25)/t16-,18-,19-/m1/s1. The number of benzene rings is 1. The summed E-state index contributed by atoms with van der Waals surface area (Å²) in [7, 11) is 0. The second kappa shape index (κ2) is 7.51. The van der Waals surface area contributed by atoms with Gasteiger partial charge in [-0.25, -0.2) is 4.39 Å². The number of hydrogen-bond acceptors (Lipinski definition) is 4. The molecule has 6 heteroatoms. The number of halogens is 1. The summed E-state index contributed by atoms with van der Waals surface area (Å²) in [5.41, 5.74) is 1.73. The Morgan fingerprint density at radius 1 is 1.19 bits per heavy atom. The van der Waals surface area contributed by atoms with Gasteiger partial charge in [0, 0.05) is 56.0 Å². The normalized spacial score (nSPS) is 25.2. The summed E-state index contributed by atoms with van der Waals surface area (Å²) in [5, 5.41) is 3.02. The van der Waals surface area contributed by atoms with Gasteiger partial charge in [-0.3, -0.25) is 14.7 Å². The van der Waals surface area contributed by atoms with Gasteiger partial charge in [0.05, 0.1) is 12.7 Å². The molecule has 26 heavy (non-hydrogen) atoms. The highest BCUT2D eigenvalue weighted by Crippen LogP contribution is 2.34. The second-order valence-corrected chi connectivity index (χ2v) is 7.06. The second-order valence-electron chi connectivity index (χ2n) is 7.06. The van der Waals surface area contributed by atoms with Crippen LogP contribution in [0.4, 0.5) is 4.39 Å². The van der Waals surface area contributed by atoms with Gasteiger partial charge in [0.25, 0.3) is 5.91 Å². The lowest BCUT2D eigenvalue weighted by atomic mass is 9.93. The lowest BCUT2D eigenvalue weighted by Crippen LogP contribution is -2.34. The van der Waals surface area contributed by atoms with E-state index in [1.165, 1.54) is 12.1 Å². The van der Waals surface area contributed by atoms with Crippen molar-refractivity contribution in [2.45, 2.75) is 12.6 Å². The lowest BCUT2D eigenvalue weighted by molar-refractivity contribution is 0.0903. The highest BCUT2D eigenvalue weighted by Gasteiger charge is 2.43. The number of pyridine rings is 1. The van der Waals surface area contributed by atoms with E-state index in [0.29, 0.717) is 30.6 Å². The maximum Gasteiger partial charge on any atom is 0.251 e. The van der Waals surface area contributed by atoms with Crippen molar-refractivity contribution in [2.24, 2.45) is 11.8 Å². The SMILES string of the molecule is O=C(NC[C@@H]1CO[C@@H]2CN(Cc3ccc(F)cc3)C[C@H]12)c1ccncc1. The first-order chi connectivity index (χ1) is 12.7. The Labute approximate surface area is 152 Å². The number of hydrogen-bond donors (Lipinski definition) is 1. The molecule has 4 rings (SSSR count). The maximum absolute atomic E-state index is 13.0. The van der Waals surface area contributed by atoms with Crippen LogP contribution >= 0.6 is 0 Å². The van der Waals surface area contributed by atoms with Gasteiger partial charge in [-0.1, -0.05) is 12.1 Å². The third-order valence-electron chi connectivity index (χ3n) is 5.30. The van der Waals surface area contributed by atoms with Crippen LogP contribution in [0, 0.1) is 17.7 Å². The van der Waals surface area contributed by atoms with Gasteiger partial charge in [0.15, 0.2) is 0 Å². The Morgan fingerprint density at radius 3 is 2.73 bits per heavy atom. The van der Waals surface area contributed by atoms with Crippen molar-refractivity contribution < 1.29 is 13.9 Å². The molecule has 1 aromatic heterocycles. The molecule has 136 valence electrons. The van der Waals surface area contributed by atoms with Crippen molar-refractivity contribution in [2.75, 3.05) is 26.2 Å². The minimum absolute atomic E-state index is 0.0722. The number of nitrogens with one attached hydrogen (secondary N) is 1. The summed E-state index contributed by atoms with van der Waals surface area (Å²) in [6.07, 6.45) is 3.46. The third-order valence-corrected chi connectivity index (χ3v) is 5.30. The zero-order valence-corrected chi connectivity index (χ0v) is 14.5. The van der Waals surface area contributed by atoms with Crippen LogP contribution in [-0.4, -0.2) is 48.1 Å². The number of nitrogens with zero attached hydrogens (tertiary/aromatic N) is 2. The molecule has 1 N–H and O–H groups in total. The van der Waals surface area contributed by atoms with Gasteiger partial charge in [0.1, 0.15) is 5.82 Å². The van der Waals surface area contributed by atoms with E-state index in [-0.39, 0.29) is 17.8 Å². The molecule has 2 aromatic rings. The van der Waals surface area contributed by atoms with Crippen LogP contribution in [-0.2, 0) is 11.3 Å². The van der Waals surface area contributed by atoms with Gasteiger partial charge < -0.3 is 10.1 Å². The number of rotatable bonds is 5. The van der Waals surface area contributed by atoms with Crippen molar-refractivity contribution in [3.63, 3.8) is 0 Å². The predicted molar refractivity (Wildman–Crippen MR) is 95.0 cm³/mol. The largest absolute Gasteiger partial charge is 0.376 e. The van der Waals surface area contributed by atoms with E-state index in [1.54, 1.807) is 24.5 Å². The molecule has 0 saturated carbocycles. The minimum atomic E-state index is -0.208. The predicted octanol–water partition coefficient (Wildman–Crippen LogP) is 2.10. The molecular formula is C20H22FN3O2. The number of carbonyl (C=O) groups is 1. The number of likely N-dealkylation sites (tertiary alicyclic amines) is 1. The average molecular weight is 355 g/mol. The molecular weight excluding hydrogens is 333 g/mol. The molecule has 0 radical (unpaired) electrons. The van der Waals surface area contributed by atoms with Crippen molar-refractivity contribution in [3.8, 4) is 0 Å². The Hall–Kier alpha value is -2.31. The smallest absolute Gasteiger partial charge is 0.251 e. The fourth-order valence-corrected chi connectivity index (χ4v) is 3.90. The lowest BCUT2D eigenvalue weighted by Gasteiger charge is -2.20. The van der Waals surface area contributed by atoms with E-state index >= 15 is 0 Å². The van der Waals surface area contributed by atoms with E-state index in [1.807, 2.05) is 12.1 Å². The van der Waals surface area contributed by atoms with Crippen LogP contribution < -0.4 is 5.32 Å². The highest BCUT2D eigenvalue weighted by atomic mass is 19.1. The molecule has 0 aliphatic carbocycles. The molecule has 0 bridgehead atoms. The highest BCUT2D eigenvalue weighted by molar-refractivity contribution is 5.93. The van der Waals surface area contributed by atoms with E-state index in [2.05, 4.69) is 15.2 Å². The minimum Gasteiger partial charge on any atom is -0.376 e. The summed E-state index contributed by atoms with van der Waals surface area (Å²) in [5.74, 6) is 0.467. The Kier molecular flexibility index (Phi) is 4.95. The molecule has 2 aliphatic rings. The van der Waals surface area contributed by atoms with Crippen LogP contribution in [0.5, 0.6) is 0 Å². The molecule has 3 atom stereocenters. The van der Waals surface area contributed by atoms with Crippen molar-refractivity contribution >= 4 is 5.91 Å². The fourth-order valence-electron chi connectivity index (χ4n) is 3.90. The molecule has 5 nitrogen and oxygen atoms in total. The monoisotopic (exact) mass is 355 g/mol. The number of fused-ring (bicyclic) bond motifs is 1. The van der Waals surface area contributed by atoms with Gasteiger partial charge in [-0.2, -0.15) is 0 Å². The molecule has 1 aromatic carbocycles. The van der Waals surface area contributed by atoms with Gasteiger partial charge >= 0.3 is 0 Å². The van der Waals surface area contributed by atoms with E-state index in [9.17, 15) is 9.18 Å². The first-order valence-corrected chi connectivity index (χ1v) is 8.95. The van der Waals surface area contributed by atoms with E-state index in [4.69, 9.17) is 4.74 Å². The van der Waals surface area contributed by atoms with Gasteiger partial charge in [-0.05, 0) is 29.8 Å². The number of aromatic nitrogens is 1. The van der Waals surface area contributed by atoms with E-state index < -0.39 is 0 Å². The van der Waals surface area contributed by atoms with Crippen LogP contribution in [0.25, 0.3) is 0 Å². The number of amides is 1. The molecule has 3 heterocycles. The summed E-state index contributed by atoms with van der Waals surface area (Å²) in [6, 6.07) is 10.1. The van der Waals surface area contributed by atoms with Crippen LogP contribution in [0.2, 0.25) is 0 Å². The van der Waals surface area contributed by atoms with Gasteiger partial charge in [-0.15, -0.1) is 0 Å². The van der Waals surface area contributed by atoms with Gasteiger partial charge in [0.2, 0.25) is 0 Å². The van der Waals surface area contributed by atoms with Crippen LogP contribution in [0.1, 0.15) is 15.9 Å². The Bertz CT molecular complexity index is 753. The van der Waals surface area contributed by atoms with Crippen LogP contribution in [0.3, 0.4) is 0 Å². The first kappa shape index (κ1) is 17.1. The number of carbonyl (C=O) groups excluding carboxylic acids is 1. The maximum atomic E-state index is 13.0. The van der Waals surface area contributed by atoms with Crippen molar-refractivity contribution in [1.82, 2.24) is 15.2 Å². The van der Waals surface area contributed by atoms with Crippen molar-refractivity contribution in [3.05, 3.63) is 65.7 Å². The molecule has 1 amide bonds. The molecule has 2 aliphatic heterocycles. The third kappa shape index (κ3) is 3.76. The summed E-state index contributed by atoms with van der Waals surface area (Å²) in [6.45, 7) is 3.93. The average Bonchev–Trinajstić information content (AvgIpc) is 3.23. The summed E-state index contributed by atoms with van der Waals surface area (Å²) < 4.78 is 19.0. The topological polar surface area (TPSA) is 54.5 Å². The van der Waals surface area contributed by atoms with Crippen molar-refractivity contribution in [1.29, 1.82) is 0 Å². The quantitative estimate of drug-likeness (QED) is 0.892. The zero-order valence-electron chi connectivity index (χ0n) is 14.5. The molecule has 0 spiro atoms. The fraction of sp³-hybridized carbons (Fsp3) is 0.400. The molecule has 0 unspecified atom stereocenters. The number of ether oxygens (including phenoxy) is 1. The molecule has 2 saturated heterocycles. The van der Waals surface area contributed by atoms with Crippen LogP contribution in [0.15, 0.2) is 48.8 Å². The Balaban J connectivity index is 1.30. The zero-order chi connectivity index (χ0) is 17.9. The Morgan fingerprint density at radius 2 is 1.96 bits per heavy atom. The summed E-state index contributed by atoms with van der Waals surface area (Å²) >= 11 is 0. The first-order valence-electron chi connectivity index (χ1n) is 8.95. The summed E-state index contributed by atoms with van der Waals surface area (Å²) in [4.78, 5) is 18.5. The van der Waals surface area contributed by atoms with E-state index in [0.717, 1.165) is 25.2 Å².